The van der Waals surface area contributed by atoms with Crippen molar-refractivity contribution in [1.82, 2.24) is 15.1 Å². The van der Waals surface area contributed by atoms with Gasteiger partial charge in [0.2, 0.25) is 5.89 Å². The molecule has 0 aliphatic heterocycles. The van der Waals surface area contributed by atoms with E-state index in [-0.39, 0.29) is 0 Å². The Morgan fingerprint density at radius 1 is 1.24 bits per heavy atom. The lowest BCUT2D eigenvalue weighted by atomic mass is 9.88. The molecule has 4 rings (SSSR count). The highest BCUT2D eigenvalue weighted by molar-refractivity contribution is 7.13. The monoisotopic (exact) mass is 304 g/mol. The van der Waals surface area contributed by atoms with Crippen LogP contribution >= 0.6 is 11.3 Å². The van der Waals surface area contributed by atoms with Crippen molar-refractivity contribution in [2.24, 2.45) is 11.8 Å². The second-order valence-electron chi connectivity index (χ2n) is 6.36. The molecule has 21 heavy (non-hydrogen) atoms. The molecule has 2 N–H and O–H groups in total. The summed E-state index contributed by atoms with van der Waals surface area (Å²) in [4.78, 5) is 8.89. The Morgan fingerprint density at radius 2 is 2.19 bits per heavy atom. The molecule has 6 heteroatoms. The van der Waals surface area contributed by atoms with E-state index < -0.39 is 0 Å². The second-order valence-corrected chi connectivity index (χ2v) is 7.25. The SMILES string of the molecule is Nc1nc(CCCc2nc(C3CC4CCC3C4)no2)cs1. The number of nitrogen functional groups attached to an aromatic ring is 1. The van der Waals surface area contributed by atoms with Crippen LogP contribution in [0.15, 0.2) is 9.90 Å². The minimum atomic E-state index is 0.555. The third kappa shape index (κ3) is 2.69. The summed E-state index contributed by atoms with van der Waals surface area (Å²) in [5, 5.41) is 6.88. The van der Waals surface area contributed by atoms with E-state index in [1.54, 1.807) is 0 Å². The number of thiazole rings is 1. The van der Waals surface area contributed by atoms with Gasteiger partial charge in [0.05, 0.1) is 5.69 Å². The highest BCUT2D eigenvalue weighted by Gasteiger charge is 2.42. The van der Waals surface area contributed by atoms with E-state index >= 15 is 0 Å². The standard InChI is InChI=1S/C15H20N4OS/c16-15-17-11(8-21-15)2-1-3-13-18-14(19-20-13)12-7-9-4-5-10(12)6-9/h8-10,12H,1-7H2,(H2,16,17). The number of fused-ring (bicyclic) bond motifs is 2. The number of hydrogen-bond donors (Lipinski definition) is 1. The van der Waals surface area contributed by atoms with Gasteiger partial charge < -0.3 is 10.3 Å². The normalized spacial score (nSPS) is 27.5. The summed E-state index contributed by atoms with van der Waals surface area (Å²) < 4.78 is 5.42. The van der Waals surface area contributed by atoms with Crippen LogP contribution in [0.4, 0.5) is 5.13 Å². The summed E-state index contributed by atoms with van der Waals surface area (Å²) in [6.07, 6.45) is 8.11. The highest BCUT2D eigenvalue weighted by atomic mass is 32.1. The number of anilines is 1. The van der Waals surface area contributed by atoms with E-state index in [1.807, 2.05) is 5.38 Å². The maximum Gasteiger partial charge on any atom is 0.226 e. The summed E-state index contributed by atoms with van der Waals surface area (Å²) in [5.41, 5.74) is 6.69. The van der Waals surface area contributed by atoms with Gasteiger partial charge in [0, 0.05) is 17.7 Å². The number of aromatic nitrogens is 3. The summed E-state index contributed by atoms with van der Waals surface area (Å²) in [6.45, 7) is 0. The van der Waals surface area contributed by atoms with Crippen LogP contribution in [-0.4, -0.2) is 15.1 Å². The molecule has 0 spiro atoms. The summed E-state index contributed by atoms with van der Waals surface area (Å²) in [7, 11) is 0. The number of hydrogen-bond acceptors (Lipinski definition) is 6. The molecule has 0 aromatic carbocycles. The molecule has 2 aliphatic carbocycles. The summed E-state index contributed by atoms with van der Waals surface area (Å²) in [5.74, 6) is 4.00. The van der Waals surface area contributed by atoms with Gasteiger partial charge in [-0.3, -0.25) is 0 Å². The predicted molar refractivity (Wildman–Crippen MR) is 81.0 cm³/mol. The van der Waals surface area contributed by atoms with E-state index in [0.29, 0.717) is 11.0 Å². The fourth-order valence-electron chi connectivity index (χ4n) is 3.94. The molecular formula is C15H20N4OS. The van der Waals surface area contributed by atoms with Crippen molar-refractivity contribution in [2.45, 2.75) is 50.9 Å². The van der Waals surface area contributed by atoms with Gasteiger partial charge >= 0.3 is 0 Å². The molecule has 0 saturated heterocycles. The van der Waals surface area contributed by atoms with Gasteiger partial charge in [0.1, 0.15) is 0 Å². The smallest absolute Gasteiger partial charge is 0.226 e. The van der Waals surface area contributed by atoms with Gasteiger partial charge in [0.15, 0.2) is 11.0 Å². The molecule has 112 valence electrons. The van der Waals surface area contributed by atoms with Crippen molar-refractivity contribution in [1.29, 1.82) is 0 Å². The lowest BCUT2D eigenvalue weighted by Crippen LogP contribution is -2.10. The van der Waals surface area contributed by atoms with Crippen LogP contribution in [0.3, 0.4) is 0 Å². The molecule has 2 aromatic rings. The van der Waals surface area contributed by atoms with Gasteiger partial charge in [-0.1, -0.05) is 11.6 Å². The molecule has 3 atom stereocenters. The van der Waals surface area contributed by atoms with Gasteiger partial charge in [-0.05, 0) is 43.9 Å². The van der Waals surface area contributed by atoms with Crippen LogP contribution in [0.25, 0.3) is 0 Å². The Morgan fingerprint density at radius 3 is 2.90 bits per heavy atom. The molecule has 2 fully saturated rings. The maximum atomic E-state index is 5.63. The first-order valence-corrected chi connectivity index (χ1v) is 8.68. The minimum Gasteiger partial charge on any atom is -0.375 e. The number of nitrogens with zero attached hydrogens (tertiary/aromatic N) is 3. The molecule has 2 saturated carbocycles. The molecule has 2 heterocycles. The second kappa shape index (κ2) is 5.40. The van der Waals surface area contributed by atoms with Gasteiger partial charge in [-0.15, -0.1) is 11.3 Å². The quantitative estimate of drug-likeness (QED) is 0.918. The Kier molecular flexibility index (Phi) is 3.41. The Bertz CT molecular complexity index is 623. The lowest BCUT2D eigenvalue weighted by molar-refractivity contribution is 0.350. The van der Waals surface area contributed by atoms with Crippen molar-refractivity contribution in [3.8, 4) is 0 Å². The average molecular weight is 304 g/mol. The average Bonchev–Trinajstić information content (AvgIpc) is 3.22. The molecular weight excluding hydrogens is 284 g/mol. The first-order chi connectivity index (χ1) is 10.3. The number of nitrogens with two attached hydrogens (primary N) is 1. The van der Waals surface area contributed by atoms with E-state index in [1.165, 1.54) is 37.0 Å². The molecule has 2 bridgehead atoms. The zero-order chi connectivity index (χ0) is 14.2. The molecule has 0 radical (unpaired) electrons. The number of aryl methyl sites for hydroxylation is 2. The third-order valence-electron chi connectivity index (χ3n) is 4.95. The molecule has 3 unspecified atom stereocenters. The first-order valence-electron chi connectivity index (χ1n) is 7.80. The summed E-state index contributed by atoms with van der Waals surface area (Å²) >= 11 is 1.49. The van der Waals surface area contributed by atoms with E-state index in [9.17, 15) is 0 Å². The van der Waals surface area contributed by atoms with Crippen LogP contribution in [0.5, 0.6) is 0 Å². The minimum absolute atomic E-state index is 0.555. The van der Waals surface area contributed by atoms with Crippen LogP contribution in [0.2, 0.25) is 0 Å². The van der Waals surface area contributed by atoms with Gasteiger partial charge in [-0.25, -0.2) is 4.98 Å². The molecule has 0 amide bonds. The van der Waals surface area contributed by atoms with Gasteiger partial charge in [-0.2, -0.15) is 4.98 Å². The predicted octanol–water partition coefficient (Wildman–Crippen LogP) is 3.19. The third-order valence-corrected chi connectivity index (χ3v) is 5.67. The number of rotatable bonds is 5. The van der Waals surface area contributed by atoms with Crippen LogP contribution < -0.4 is 5.73 Å². The van der Waals surface area contributed by atoms with Crippen molar-refractivity contribution in [3.63, 3.8) is 0 Å². The van der Waals surface area contributed by atoms with Crippen LogP contribution in [0, 0.1) is 11.8 Å². The molecule has 2 aromatic heterocycles. The summed E-state index contributed by atoms with van der Waals surface area (Å²) in [6, 6.07) is 0. The van der Waals surface area contributed by atoms with Crippen molar-refractivity contribution in [2.75, 3.05) is 5.73 Å². The Balaban J connectivity index is 1.32. The van der Waals surface area contributed by atoms with Crippen LogP contribution in [-0.2, 0) is 12.8 Å². The zero-order valence-electron chi connectivity index (χ0n) is 12.0. The van der Waals surface area contributed by atoms with Crippen molar-refractivity contribution >= 4 is 16.5 Å². The zero-order valence-corrected chi connectivity index (χ0v) is 12.8. The van der Waals surface area contributed by atoms with E-state index in [2.05, 4.69) is 15.1 Å². The Hall–Kier alpha value is -1.43. The fourth-order valence-corrected chi connectivity index (χ4v) is 4.54. The van der Waals surface area contributed by atoms with Crippen molar-refractivity contribution < 1.29 is 4.52 Å². The van der Waals surface area contributed by atoms with E-state index in [0.717, 1.165) is 48.5 Å². The largest absolute Gasteiger partial charge is 0.375 e. The molecule has 2 aliphatic rings. The first kappa shape index (κ1) is 13.2. The van der Waals surface area contributed by atoms with E-state index in [4.69, 9.17) is 10.3 Å². The lowest BCUT2D eigenvalue weighted by Gasteiger charge is -2.17. The maximum absolute atomic E-state index is 5.63. The van der Waals surface area contributed by atoms with Gasteiger partial charge in [0.25, 0.3) is 0 Å². The Labute approximate surface area is 128 Å². The molecule has 5 nitrogen and oxygen atoms in total. The van der Waals surface area contributed by atoms with Crippen LogP contribution in [0.1, 0.15) is 55.4 Å². The topological polar surface area (TPSA) is 77.8 Å². The van der Waals surface area contributed by atoms with Crippen molar-refractivity contribution in [3.05, 3.63) is 22.8 Å². The highest BCUT2D eigenvalue weighted by Crippen LogP contribution is 2.52. The fraction of sp³-hybridized carbons (Fsp3) is 0.667.